The van der Waals surface area contributed by atoms with E-state index in [1.807, 2.05) is 20.8 Å². The van der Waals surface area contributed by atoms with Crippen LogP contribution in [0.5, 0.6) is 5.75 Å². The lowest BCUT2D eigenvalue weighted by atomic mass is 10.1. The monoisotopic (exact) mass is 653 g/mol. The molecule has 0 aliphatic heterocycles. The van der Waals surface area contributed by atoms with Gasteiger partial charge in [0, 0.05) is 33.7 Å². The second-order valence-corrected chi connectivity index (χ2v) is 13.3. The molecule has 0 aliphatic rings. The van der Waals surface area contributed by atoms with Gasteiger partial charge in [-0.3, -0.25) is 13.9 Å². The van der Waals surface area contributed by atoms with Gasteiger partial charge < -0.3 is 15.0 Å². The van der Waals surface area contributed by atoms with E-state index in [4.69, 9.17) is 39.5 Å². The van der Waals surface area contributed by atoms with Crippen LogP contribution in [0.25, 0.3) is 0 Å². The van der Waals surface area contributed by atoms with Crippen LogP contribution in [0.1, 0.15) is 31.9 Å². The van der Waals surface area contributed by atoms with Crippen molar-refractivity contribution in [3.05, 3.63) is 86.9 Å². The Hall–Kier alpha value is -2.98. The molecule has 42 heavy (non-hydrogen) atoms. The van der Waals surface area contributed by atoms with E-state index < -0.39 is 34.4 Å². The van der Waals surface area contributed by atoms with Crippen molar-refractivity contribution < 1.29 is 22.7 Å². The van der Waals surface area contributed by atoms with Gasteiger partial charge in [-0.15, -0.1) is 0 Å². The van der Waals surface area contributed by atoms with Crippen molar-refractivity contribution in [3.8, 4) is 5.75 Å². The van der Waals surface area contributed by atoms with Gasteiger partial charge >= 0.3 is 0 Å². The van der Waals surface area contributed by atoms with Crippen LogP contribution in [-0.2, 0) is 26.2 Å². The number of hydrogen-bond donors (Lipinski definition) is 1. The van der Waals surface area contributed by atoms with E-state index in [1.165, 1.54) is 36.3 Å². The summed E-state index contributed by atoms with van der Waals surface area (Å²) in [6, 6.07) is 14.6. The molecule has 0 saturated heterocycles. The van der Waals surface area contributed by atoms with E-state index in [2.05, 4.69) is 5.32 Å². The summed E-state index contributed by atoms with van der Waals surface area (Å²) >= 11 is 19.1. The van der Waals surface area contributed by atoms with Crippen LogP contribution in [0.3, 0.4) is 0 Å². The fraction of sp³-hybridized carbons (Fsp3) is 0.333. The standard InChI is InChI=1S/C30H34Cl3N3O5S/c1-19(2)16-34-30(38)21(4)35(17-24-25(32)7-6-8-26(24)33)29(37)18-36(27-15-22(31)11-14-28(27)41-5)42(39,40)23-12-9-20(3)10-13-23/h6-15,19,21H,16-18H2,1-5H3,(H,34,38)/t21-/m0/s1. The fourth-order valence-corrected chi connectivity index (χ4v) is 6.20. The maximum Gasteiger partial charge on any atom is 0.264 e. The van der Waals surface area contributed by atoms with Crippen LogP contribution in [0.4, 0.5) is 5.69 Å². The normalized spacial score (nSPS) is 12.1. The second-order valence-electron chi connectivity index (χ2n) is 10.2. The molecule has 2 amide bonds. The maximum absolute atomic E-state index is 14.1. The molecule has 0 fully saturated rings. The van der Waals surface area contributed by atoms with Crippen LogP contribution in [0.15, 0.2) is 65.6 Å². The van der Waals surface area contributed by atoms with Crippen molar-refractivity contribution in [2.75, 3.05) is 24.5 Å². The number of ether oxygens (including phenoxy) is 1. The SMILES string of the molecule is COc1ccc(Cl)cc1N(CC(=O)N(Cc1c(Cl)cccc1Cl)[C@@H](C)C(=O)NCC(C)C)S(=O)(=O)c1ccc(C)cc1. The molecule has 0 aliphatic carbocycles. The number of carbonyl (C=O) groups excluding carboxylic acids is 2. The van der Waals surface area contributed by atoms with Crippen molar-refractivity contribution in [2.24, 2.45) is 5.92 Å². The molecule has 8 nitrogen and oxygen atoms in total. The van der Waals surface area contributed by atoms with E-state index in [0.29, 0.717) is 22.2 Å². The minimum absolute atomic E-state index is 0.0358. The molecule has 3 aromatic rings. The van der Waals surface area contributed by atoms with Gasteiger partial charge in [-0.25, -0.2) is 8.42 Å². The van der Waals surface area contributed by atoms with E-state index in [0.717, 1.165) is 9.87 Å². The molecule has 0 unspecified atom stereocenters. The highest BCUT2D eigenvalue weighted by molar-refractivity contribution is 7.92. The van der Waals surface area contributed by atoms with E-state index in [-0.39, 0.29) is 33.8 Å². The highest BCUT2D eigenvalue weighted by atomic mass is 35.5. The first-order valence-corrected chi connectivity index (χ1v) is 15.8. The van der Waals surface area contributed by atoms with Crippen LogP contribution in [-0.4, -0.2) is 51.4 Å². The number of sulfonamides is 1. The lowest BCUT2D eigenvalue weighted by Gasteiger charge is -2.33. The number of nitrogens with one attached hydrogen (secondary N) is 1. The molecular weight excluding hydrogens is 621 g/mol. The predicted molar refractivity (Wildman–Crippen MR) is 168 cm³/mol. The summed E-state index contributed by atoms with van der Waals surface area (Å²) in [5.41, 5.74) is 1.35. The number of rotatable bonds is 12. The minimum Gasteiger partial charge on any atom is -0.495 e. The zero-order valence-electron chi connectivity index (χ0n) is 24.0. The number of hydrogen-bond acceptors (Lipinski definition) is 5. The summed E-state index contributed by atoms with van der Waals surface area (Å²) in [6.45, 7) is 6.88. The Kier molecular flexibility index (Phi) is 11.5. The third-order valence-electron chi connectivity index (χ3n) is 6.54. The molecule has 0 aromatic heterocycles. The Bertz CT molecular complexity index is 1510. The number of amides is 2. The van der Waals surface area contributed by atoms with Crippen molar-refractivity contribution in [1.29, 1.82) is 0 Å². The Labute approximate surface area is 262 Å². The number of methoxy groups -OCH3 is 1. The fourth-order valence-electron chi connectivity index (χ4n) is 4.10. The van der Waals surface area contributed by atoms with Gasteiger partial charge in [0.2, 0.25) is 11.8 Å². The molecule has 0 bridgehead atoms. The number of nitrogens with zero attached hydrogens (tertiary/aromatic N) is 2. The van der Waals surface area contributed by atoms with Gasteiger partial charge in [-0.1, -0.05) is 72.4 Å². The van der Waals surface area contributed by atoms with Gasteiger partial charge in [-0.2, -0.15) is 0 Å². The van der Waals surface area contributed by atoms with Gasteiger partial charge in [0.1, 0.15) is 18.3 Å². The van der Waals surface area contributed by atoms with Crippen molar-refractivity contribution in [1.82, 2.24) is 10.2 Å². The predicted octanol–water partition coefficient (Wildman–Crippen LogP) is 6.35. The molecule has 0 heterocycles. The van der Waals surface area contributed by atoms with E-state index in [9.17, 15) is 18.0 Å². The maximum atomic E-state index is 14.1. The third-order valence-corrected chi connectivity index (χ3v) is 9.26. The average Bonchev–Trinajstić information content (AvgIpc) is 2.94. The number of anilines is 1. The number of benzene rings is 3. The average molecular weight is 655 g/mol. The quantitative estimate of drug-likeness (QED) is 0.246. The largest absolute Gasteiger partial charge is 0.495 e. The summed E-state index contributed by atoms with van der Waals surface area (Å²) in [5, 5.41) is 3.68. The zero-order valence-corrected chi connectivity index (χ0v) is 27.1. The molecule has 0 saturated carbocycles. The number of carbonyl (C=O) groups is 2. The molecule has 12 heteroatoms. The number of halogens is 3. The first kappa shape index (κ1) is 33.5. The highest BCUT2D eigenvalue weighted by Gasteiger charge is 2.34. The van der Waals surface area contributed by atoms with Crippen molar-refractivity contribution in [3.63, 3.8) is 0 Å². The molecule has 226 valence electrons. The molecule has 1 atom stereocenters. The van der Waals surface area contributed by atoms with Gasteiger partial charge in [0.25, 0.3) is 10.0 Å². The smallest absolute Gasteiger partial charge is 0.264 e. The first-order chi connectivity index (χ1) is 19.8. The molecule has 3 aromatic carbocycles. The van der Waals surface area contributed by atoms with E-state index >= 15 is 0 Å². The molecule has 1 N–H and O–H groups in total. The molecular formula is C30H34Cl3N3O5S. The van der Waals surface area contributed by atoms with Gasteiger partial charge in [-0.05, 0) is 62.2 Å². The Balaban J connectivity index is 2.12. The third kappa shape index (κ3) is 8.10. The Morgan fingerprint density at radius 2 is 1.57 bits per heavy atom. The number of aryl methyl sites for hydroxylation is 1. The minimum atomic E-state index is -4.31. The lowest BCUT2D eigenvalue weighted by molar-refractivity contribution is -0.139. The summed E-state index contributed by atoms with van der Waals surface area (Å²) in [5.74, 6) is -0.718. The van der Waals surface area contributed by atoms with Crippen molar-refractivity contribution in [2.45, 2.75) is 45.2 Å². The highest BCUT2D eigenvalue weighted by Crippen LogP contribution is 2.35. The summed E-state index contributed by atoms with van der Waals surface area (Å²) in [4.78, 5) is 28.5. The van der Waals surface area contributed by atoms with Crippen LogP contribution in [0, 0.1) is 12.8 Å². The van der Waals surface area contributed by atoms with Gasteiger partial charge in [0.05, 0.1) is 17.7 Å². The Morgan fingerprint density at radius 1 is 0.952 bits per heavy atom. The summed E-state index contributed by atoms with van der Waals surface area (Å²) in [7, 11) is -2.92. The first-order valence-electron chi connectivity index (χ1n) is 13.2. The van der Waals surface area contributed by atoms with Crippen molar-refractivity contribution >= 4 is 62.3 Å². The topological polar surface area (TPSA) is 96.0 Å². The lowest BCUT2D eigenvalue weighted by Crippen LogP contribution is -2.51. The molecule has 3 rings (SSSR count). The van der Waals surface area contributed by atoms with Crippen LogP contribution >= 0.6 is 34.8 Å². The zero-order chi connectivity index (χ0) is 31.2. The summed E-state index contributed by atoms with van der Waals surface area (Å²) < 4.78 is 34.5. The molecule has 0 spiro atoms. The summed E-state index contributed by atoms with van der Waals surface area (Å²) in [6.07, 6.45) is 0. The van der Waals surface area contributed by atoms with Crippen LogP contribution in [0.2, 0.25) is 15.1 Å². The van der Waals surface area contributed by atoms with E-state index in [1.54, 1.807) is 43.3 Å². The Morgan fingerprint density at radius 3 is 2.14 bits per heavy atom. The second kappa shape index (κ2) is 14.5. The van der Waals surface area contributed by atoms with Crippen LogP contribution < -0.4 is 14.4 Å². The van der Waals surface area contributed by atoms with Gasteiger partial charge in [0.15, 0.2) is 0 Å². The molecule has 0 radical (unpaired) electrons.